The van der Waals surface area contributed by atoms with E-state index in [1.807, 2.05) is 0 Å². The van der Waals surface area contributed by atoms with Crippen LogP contribution in [-0.2, 0) is 50.8 Å². The zero-order chi connectivity index (χ0) is 40.6. The van der Waals surface area contributed by atoms with Crippen LogP contribution in [0, 0.1) is 0 Å². The van der Waals surface area contributed by atoms with Gasteiger partial charge in [0.05, 0.1) is 21.1 Å². The number of benzene rings is 5. The van der Waals surface area contributed by atoms with Crippen molar-refractivity contribution < 1.29 is 70.2 Å². The van der Waals surface area contributed by atoms with Crippen molar-refractivity contribution in [3.05, 3.63) is 90.0 Å². The maximum atomic E-state index is 12.8. The van der Waals surface area contributed by atoms with Gasteiger partial charge in [0.2, 0.25) is 10.3 Å². The number of rotatable bonds is 9. The fourth-order valence-electron chi connectivity index (χ4n) is 5.13. The molecule has 8 N–H and O–H groups in total. The second-order valence-electron chi connectivity index (χ2n) is 10.8. The average molecular weight is 865 g/mol. The number of amides is 1. The van der Waals surface area contributed by atoms with Crippen molar-refractivity contribution in [2.24, 2.45) is 0 Å². The van der Waals surface area contributed by atoms with Gasteiger partial charge in [0, 0.05) is 45.5 Å². The van der Waals surface area contributed by atoms with Gasteiger partial charge in [-0.05, 0) is 48.0 Å². The van der Waals surface area contributed by atoms with Gasteiger partial charge in [0.15, 0.2) is 0 Å². The van der Waals surface area contributed by atoms with E-state index >= 15 is 0 Å². The first-order chi connectivity index (χ1) is 24.9. The minimum Gasteiger partial charge on any atom is -0.507 e. The predicted octanol–water partition coefficient (Wildman–Crippen LogP) is 3.24. The number of nitrogens with two attached hydrogens (primary N) is 1. The first kappa shape index (κ1) is 42.1. The Hall–Kier alpha value is -4.69. The highest BCUT2D eigenvalue weighted by molar-refractivity contribution is 7.87. The highest BCUT2D eigenvalue weighted by Crippen LogP contribution is 2.38. The van der Waals surface area contributed by atoms with E-state index in [9.17, 15) is 61.1 Å². The van der Waals surface area contributed by atoms with Crippen LogP contribution in [0.4, 0.5) is 11.4 Å². The molecule has 0 heterocycles. The molecule has 0 saturated heterocycles. The summed E-state index contributed by atoms with van der Waals surface area (Å²) in [5.41, 5.74) is 5.51. The van der Waals surface area contributed by atoms with Crippen LogP contribution in [0.5, 0.6) is 5.75 Å². The van der Waals surface area contributed by atoms with Crippen molar-refractivity contribution in [1.82, 2.24) is 0 Å². The second-order valence-corrected chi connectivity index (χ2v) is 17.7. The summed E-state index contributed by atoms with van der Waals surface area (Å²) < 4.78 is 151. The summed E-state index contributed by atoms with van der Waals surface area (Å²) in [6.07, 6.45) is 0.0835. The molecule has 0 spiro atoms. The van der Waals surface area contributed by atoms with Crippen molar-refractivity contribution in [2.75, 3.05) is 16.9 Å². The number of carbonyl (C=O) groups excluding carboxylic acids is 1. The Bertz CT molecular complexity index is 2940. The molecule has 5 rings (SSSR count). The Kier molecular flexibility index (Phi) is 12.1. The lowest BCUT2D eigenvalue weighted by Crippen LogP contribution is -2.13. The highest BCUT2D eigenvalue weighted by atomic mass is 35.5. The van der Waals surface area contributed by atoms with E-state index in [1.54, 1.807) is 0 Å². The van der Waals surface area contributed by atoms with E-state index in [-0.39, 0.29) is 50.3 Å². The van der Waals surface area contributed by atoms with Crippen LogP contribution >= 0.6 is 11.6 Å². The normalized spacial score (nSPS) is 12.2. The van der Waals surface area contributed by atoms with Gasteiger partial charge in [0.1, 0.15) is 20.4 Å². The first-order valence-corrected chi connectivity index (χ1v) is 21.7. The topological polar surface area (TPSA) is 327 Å². The molecule has 0 unspecified atom stereocenters. The molecule has 0 bridgehead atoms. The number of nitrogens with one attached hydrogen (secondary N) is 1. The summed E-state index contributed by atoms with van der Waals surface area (Å²) in [6, 6.07) is 14.8. The third-order valence-corrected chi connectivity index (χ3v) is 12.0. The van der Waals surface area contributed by atoms with Crippen molar-refractivity contribution in [3.63, 3.8) is 0 Å². The molecule has 0 aliphatic heterocycles. The van der Waals surface area contributed by atoms with Gasteiger partial charge in [-0.2, -0.15) is 42.1 Å². The molecule has 288 valence electrons. The number of aromatic hydroxyl groups is 1. The Morgan fingerprint density at radius 1 is 0.685 bits per heavy atom. The van der Waals surface area contributed by atoms with Crippen LogP contribution in [-0.4, -0.2) is 82.1 Å². The predicted molar refractivity (Wildman–Crippen MR) is 196 cm³/mol. The molecule has 0 fully saturated rings. The van der Waals surface area contributed by atoms with Crippen LogP contribution in [0.15, 0.2) is 98.4 Å². The summed E-state index contributed by atoms with van der Waals surface area (Å²) in [4.78, 5) is 10.2. The lowest BCUT2D eigenvalue weighted by atomic mass is 10.1. The van der Waals surface area contributed by atoms with Gasteiger partial charge in [-0.15, -0.1) is 11.6 Å². The van der Waals surface area contributed by atoms with Crippen LogP contribution in [0.2, 0.25) is 0 Å². The maximum absolute atomic E-state index is 12.8. The van der Waals surface area contributed by atoms with Gasteiger partial charge in [-0.3, -0.25) is 23.0 Å². The Balaban J connectivity index is 0.000000287. The van der Waals surface area contributed by atoms with Crippen molar-refractivity contribution in [2.45, 2.75) is 26.0 Å². The molecule has 18 nitrogen and oxygen atoms in total. The van der Waals surface area contributed by atoms with E-state index in [4.69, 9.17) is 26.4 Å². The van der Waals surface area contributed by atoms with Crippen LogP contribution < -0.4 is 11.1 Å². The molecule has 0 aliphatic rings. The molecule has 0 radical (unpaired) electrons. The minimum atomic E-state index is -4.89. The van der Waals surface area contributed by atoms with Crippen LogP contribution in [0.3, 0.4) is 0 Å². The molecule has 5 aromatic carbocycles. The minimum absolute atomic E-state index is 0.0492. The summed E-state index contributed by atoms with van der Waals surface area (Å²) in [5, 5.41) is 11.9. The number of alkyl halides is 1. The lowest BCUT2D eigenvalue weighted by Gasteiger charge is -2.14. The fraction of sp³-hybridized carbons (Fsp3) is 0.0667. The molecule has 1 amide bonds. The van der Waals surface area contributed by atoms with Crippen molar-refractivity contribution in [1.29, 1.82) is 0 Å². The number of phenols is 1. The number of carbonyl (C=O) groups is 1. The zero-order valence-electron chi connectivity index (χ0n) is 26.6. The van der Waals surface area contributed by atoms with E-state index in [1.165, 1.54) is 42.5 Å². The number of halogens is 1. The number of hydrogen-bond acceptors (Lipinski definition) is 13. The Morgan fingerprint density at radius 3 is 1.78 bits per heavy atom. The van der Waals surface area contributed by atoms with Crippen molar-refractivity contribution >= 4 is 106 Å². The standard InChI is InChI=1S/C20H16ClNO10S3.C10H9NO6S2/c21-8-7-17(33(25)26)11-1-3-12(4-2-11)20(24)22-15-5-6-18(35(30,31)32)14-9-13(34(27,28)29)10-16(23)19(14)15;11-8-5-4-6-7(10(8)19(15,16)17)2-1-3-9(6)18(12,13)14/h1-6,9-10,23H,7-8H2,(H,22,24)(H,27,28,29)(H,30,31,32);1-5H,11H2,(H,12,13,14)(H,15,16,17). The zero-order valence-corrected chi connectivity index (χ0v) is 31.5. The second kappa shape index (κ2) is 15.6. The largest absolute Gasteiger partial charge is 0.507 e. The molecule has 54 heavy (non-hydrogen) atoms. The Labute approximate surface area is 313 Å². The summed E-state index contributed by atoms with van der Waals surface area (Å²) in [7, 11) is -21.4. The molecule has 0 aliphatic carbocycles. The van der Waals surface area contributed by atoms with Gasteiger partial charge < -0.3 is 16.2 Å². The molecular formula is C30H25ClN2O16S5. The number of nitrogen functional groups attached to an aromatic ring is 1. The molecule has 0 saturated carbocycles. The monoisotopic (exact) mass is 864 g/mol. The lowest BCUT2D eigenvalue weighted by molar-refractivity contribution is 0.102. The molecule has 0 aromatic heterocycles. The SMILES string of the molecule is Nc1ccc2c(S(=O)(=O)O)cccc2c1S(=O)(=O)O.O=C(Nc1ccc(S(=O)(=O)O)c2cc(S(=O)(=O)O)cc(O)c12)c1ccc(C(CCCl)=S(=O)=O)cc1. The van der Waals surface area contributed by atoms with Crippen molar-refractivity contribution in [3.8, 4) is 5.75 Å². The fourth-order valence-corrected chi connectivity index (χ4v) is 8.76. The quantitative estimate of drug-likeness (QED) is 0.0368. The average Bonchev–Trinajstić information content (AvgIpc) is 3.05. The number of fused-ring (bicyclic) bond motifs is 2. The third kappa shape index (κ3) is 9.33. The van der Waals surface area contributed by atoms with E-state index in [0.717, 1.165) is 30.3 Å². The smallest absolute Gasteiger partial charge is 0.297 e. The van der Waals surface area contributed by atoms with Gasteiger partial charge >= 0.3 is 0 Å². The van der Waals surface area contributed by atoms with Gasteiger partial charge in [-0.1, -0.05) is 30.3 Å². The summed E-state index contributed by atoms with van der Waals surface area (Å²) >= 11 is 5.62. The molecule has 5 aromatic rings. The summed E-state index contributed by atoms with van der Waals surface area (Å²) in [6.45, 7) is 0. The molecule has 0 atom stereocenters. The molecular weight excluding hydrogens is 840 g/mol. The number of phenolic OH excluding ortho intramolecular Hbond substituents is 1. The van der Waals surface area contributed by atoms with Gasteiger partial charge in [0.25, 0.3) is 46.4 Å². The van der Waals surface area contributed by atoms with E-state index in [2.05, 4.69) is 5.32 Å². The number of anilines is 2. The van der Waals surface area contributed by atoms with E-state index in [0.29, 0.717) is 11.6 Å². The van der Waals surface area contributed by atoms with Gasteiger partial charge in [-0.25, -0.2) is 0 Å². The van der Waals surface area contributed by atoms with Crippen LogP contribution in [0.1, 0.15) is 22.3 Å². The van der Waals surface area contributed by atoms with E-state index < -0.39 is 87.4 Å². The first-order valence-electron chi connectivity index (χ1n) is 14.3. The maximum Gasteiger partial charge on any atom is 0.297 e. The summed E-state index contributed by atoms with van der Waals surface area (Å²) in [5.74, 6) is -1.47. The number of hydrogen-bond donors (Lipinski definition) is 7. The molecule has 24 heteroatoms. The Morgan fingerprint density at radius 2 is 1.26 bits per heavy atom. The van der Waals surface area contributed by atoms with Crippen LogP contribution in [0.25, 0.3) is 21.5 Å². The third-order valence-electron chi connectivity index (χ3n) is 7.38. The highest BCUT2D eigenvalue weighted by Gasteiger charge is 2.24.